The molecule has 1 amide bonds. The Hall–Kier alpha value is -1.69. The van der Waals surface area contributed by atoms with E-state index in [9.17, 15) is 4.79 Å². The highest BCUT2D eigenvalue weighted by atomic mass is 35.5. The molecular weight excluding hydrogens is 332 g/mol. The number of hydroxylamine groups is 1. The van der Waals surface area contributed by atoms with Crippen LogP contribution < -0.4 is 11.2 Å². The highest BCUT2D eigenvalue weighted by Crippen LogP contribution is 2.37. The third kappa shape index (κ3) is 4.04. The number of nitrogens with zero attached hydrogens (tertiary/aromatic N) is 2. The van der Waals surface area contributed by atoms with E-state index in [1.165, 1.54) is 7.11 Å². The molecule has 0 radical (unpaired) electrons. The summed E-state index contributed by atoms with van der Waals surface area (Å²) in [5.41, 5.74) is 9.04. The second-order valence-corrected chi connectivity index (χ2v) is 6.16. The van der Waals surface area contributed by atoms with E-state index >= 15 is 0 Å². The summed E-state index contributed by atoms with van der Waals surface area (Å²) in [6, 6.07) is 10.8. The van der Waals surface area contributed by atoms with Gasteiger partial charge in [0.25, 0.3) is 5.91 Å². The molecule has 1 fully saturated rings. The lowest BCUT2D eigenvalue weighted by atomic mass is 9.91. The van der Waals surface area contributed by atoms with Gasteiger partial charge in [-0.1, -0.05) is 29.8 Å². The Labute approximate surface area is 146 Å². The first-order chi connectivity index (χ1) is 11.5. The second-order valence-electron chi connectivity index (χ2n) is 5.57. The number of carbonyl (C=O) groups is 1. The molecule has 3 unspecified atom stereocenters. The summed E-state index contributed by atoms with van der Waals surface area (Å²) in [6.45, 7) is 0.939. The standard InChI is InChI=1S/C16H21ClN4O3/c1-23-16(17)13(7-9-21(10-8-18)15(16)19)11-24-20-14(22)12-5-3-2-4-6-12/h2-6,13,15H,7,9-11,19H2,1H3,(H,20,22). The number of piperidine rings is 1. The van der Waals surface area contributed by atoms with Crippen LogP contribution in [0.1, 0.15) is 16.8 Å². The maximum atomic E-state index is 11.9. The number of likely N-dealkylation sites (tertiary alicyclic amines) is 1. The largest absolute Gasteiger partial charge is 0.360 e. The molecule has 1 aromatic carbocycles. The summed E-state index contributed by atoms with van der Waals surface area (Å²) in [5.74, 6) is -0.565. The molecule has 7 nitrogen and oxygen atoms in total. The summed E-state index contributed by atoms with van der Waals surface area (Å²) >= 11 is 6.55. The number of methoxy groups -OCH3 is 1. The van der Waals surface area contributed by atoms with Crippen molar-refractivity contribution in [1.29, 1.82) is 5.26 Å². The molecule has 1 aliphatic heterocycles. The third-order valence-corrected chi connectivity index (χ3v) is 4.88. The minimum Gasteiger partial charge on any atom is -0.360 e. The number of carbonyl (C=O) groups excluding carboxylic acids is 1. The van der Waals surface area contributed by atoms with Gasteiger partial charge in [0, 0.05) is 25.1 Å². The molecule has 1 aromatic rings. The maximum Gasteiger partial charge on any atom is 0.274 e. The van der Waals surface area contributed by atoms with Crippen molar-refractivity contribution in [2.45, 2.75) is 17.6 Å². The molecule has 0 saturated carbocycles. The van der Waals surface area contributed by atoms with Crippen molar-refractivity contribution in [3.63, 3.8) is 0 Å². The zero-order valence-corrected chi connectivity index (χ0v) is 14.2. The molecule has 0 aliphatic carbocycles. The summed E-state index contributed by atoms with van der Waals surface area (Å²) < 4.78 is 5.42. The number of hydrogen-bond donors (Lipinski definition) is 2. The Bertz CT molecular complexity index is 595. The number of nitriles is 1. The van der Waals surface area contributed by atoms with Crippen LogP contribution in [0.4, 0.5) is 0 Å². The van der Waals surface area contributed by atoms with Gasteiger partial charge in [-0.2, -0.15) is 5.26 Å². The molecule has 1 saturated heterocycles. The van der Waals surface area contributed by atoms with E-state index in [0.717, 1.165) is 0 Å². The monoisotopic (exact) mass is 352 g/mol. The zero-order chi connectivity index (χ0) is 17.6. The molecule has 24 heavy (non-hydrogen) atoms. The predicted octanol–water partition coefficient (Wildman–Crippen LogP) is 1.06. The molecular formula is C16H21ClN4O3. The minimum absolute atomic E-state index is 0.157. The average Bonchev–Trinajstić information content (AvgIpc) is 2.61. The van der Waals surface area contributed by atoms with E-state index in [4.69, 9.17) is 32.2 Å². The van der Waals surface area contributed by atoms with Gasteiger partial charge >= 0.3 is 0 Å². The molecule has 0 spiro atoms. The number of halogens is 1. The Balaban J connectivity index is 1.92. The number of benzene rings is 1. The quantitative estimate of drug-likeness (QED) is 0.451. The Morgan fingerprint density at radius 1 is 1.54 bits per heavy atom. The third-order valence-electron chi connectivity index (χ3n) is 4.19. The van der Waals surface area contributed by atoms with Gasteiger partial charge in [-0.05, 0) is 18.6 Å². The zero-order valence-electron chi connectivity index (χ0n) is 13.4. The number of alkyl halides is 1. The molecule has 3 N–H and O–H groups in total. The van der Waals surface area contributed by atoms with Crippen molar-refractivity contribution in [2.75, 3.05) is 26.8 Å². The molecule has 3 atom stereocenters. The Morgan fingerprint density at radius 3 is 2.88 bits per heavy atom. The van der Waals surface area contributed by atoms with Crippen LogP contribution in [0.5, 0.6) is 0 Å². The first kappa shape index (κ1) is 18.6. The van der Waals surface area contributed by atoms with Crippen LogP contribution >= 0.6 is 11.6 Å². The fraction of sp³-hybridized carbons (Fsp3) is 0.500. The smallest absolute Gasteiger partial charge is 0.274 e. The topological polar surface area (TPSA) is 101 Å². The van der Waals surface area contributed by atoms with E-state index < -0.39 is 11.2 Å². The van der Waals surface area contributed by atoms with Crippen LogP contribution in [0.2, 0.25) is 0 Å². The highest BCUT2D eigenvalue weighted by molar-refractivity contribution is 6.23. The first-order valence-corrected chi connectivity index (χ1v) is 7.98. The molecule has 2 rings (SSSR count). The fourth-order valence-corrected chi connectivity index (χ4v) is 3.07. The van der Waals surface area contributed by atoms with Gasteiger partial charge in [0.05, 0.1) is 19.2 Å². The fourth-order valence-electron chi connectivity index (χ4n) is 2.76. The van der Waals surface area contributed by atoms with E-state index in [1.54, 1.807) is 29.2 Å². The summed E-state index contributed by atoms with van der Waals surface area (Å²) in [6.07, 6.45) is -0.00974. The predicted molar refractivity (Wildman–Crippen MR) is 88.7 cm³/mol. The number of nitrogens with two attached hydrogens (primary N) is 1. The molecule has 0 bridgehead atoms. The van der Waals surface area contributed by atoms with Gasteiger partial charge < -0.3 is 10.5 Å². The van der Waals surface area contributed by atoms with Gasteiger partial charge in [0.2, 0.25) is 0 Å². The van der Waals surface area contributed by atoms with E-state index in [1.807, 2.05) is 6.07 Å². The Morgan fingerprint density at radius 2 is 2.25 bits per heavy atom. The van der Waals surface area contributed by atoms with Gasteiger partial charge in [0.1, 0.15) is 6.17 Å². The summed E-state index contributed by atoms with van der Waals surface area (Å²) in [4.78, 5) is 19.0. The van der Waals surface area contributed by atoms with Crippen LogP contribution in [0, 0.1) is 17.2 Å². The van der Waals surface area contributed by atoms with Crippen molar-refractivity contribution < 1.29 is 14.4 Å². The van der Waals surface area contributed by atoms with E-state index in [2.05, 4.69) is 11.5 Å². The molecule has 1 aliphatic rings. The van der Waals surface area contributed by atoms with Crippen LogP contribution in [0.15, 0.2) is 30.3 Å². The van der Waals surface area contributed by atoms with E-state index in [-0.39, 0.29) is 25.0 Å². The number of amides is 1. The van der Waals surface area contributed by atoms with Gasteiger partial charge in [-0.3, -0.25) is 14.5 Å². The number of ether oxygens (including phenoxy) is 1. The maximum absolute atomic E-state index is 11.9. The lowest BCUT2D eigenvalue weighted by Gasteiger charge is -2.47. The van der Waals surface area contributed by atoms with Crippen molar-refractivity contribution in [3.8, 4) is 6.07 Å². The van der Waals surface area contributed by atoms with Crippen LogP contribution in [-0.2, 0) is 9.57 Å². The van der Waals surface area contributed by atoms with Crippen molar-refractivity contribution >= 4 is 17.5 Å². The molecule has 1 heterocycles. The van der Waals surface area contributed by atoms with Gasteiger partial charge in [0.15, 0.2) is 5.06 Å². The van der Waals surface area contributed by atoms with Crippen LogP contribution in [0.3, 0.4) is 0 Å². The van der Waals surface area contributed by atoms with Crippen LogP contribution in [-0.4, -0.2) is 48.8 Å². The van der Waals surface area contributed by atoms with Crippen molar-refractivity contribution in [1.82, 2.24) is 10.4 Å². The first-order valence-electron chi connectivity index (χ1n) is 7.60. The average molecular weight is 353 g/mol. The second kappa shape index (κ2) is 8.42. The number of rotatable bonds is 6. The lowest BCUT2D eigenvalue weighted by Crippen LogP contribution is -2.64. The highest BCUT2D eigenvalue weighted by Gasteiger charge is 2.49. The summed E-state index contributed by atoms with van der Waals surface area (Å²) in [5, 5.41) is 7.66. The van der Waals surface area contributed by atoms with E-state index in [0.29, 0.717) is 18.5 Å². The number of nitrogens with one attached hydrogen (secondary N) is 1. The normalized spacial score (nSPS) is 27.4. The number of hydrogen-bond acceptors (Lipinski definition) is 6. The van der Waals surface area contributed by atoms with Crippen molar-refractivity contribution in [2.24, 2.45) is 11.7 Å². The Kier molecular flexibility index (Phi) is 6.54. The van der Waals surface area contributed by atoms with Gasteiger partial charge in [-0.25, -0.2) is 5.48 Å². The van der Waals surface area contributed by atoms with Gasteiger partial charge in [-0.15, -0.1) is 0 Å². The molecule has 8 heteroatoms. The SMILES string of the molecule is COC1(Cl)C(CONC(=O)c2ccccc2)CCN(CC#N)C1N. The minimum atomic E-state index is -1.19. The molecule has 130 valence electrons. The molecule has 0 aromatic heterocycles. The lowest BCUT2D eigenvalue weighted by molar-refractivity contribution is -0.111. The summed E-state index contributed by atoms with van der Waals surface area (Å²) in [7, 11) is 1.47. The van der Waals surface area contributed by atoms with Crippen LogP contribution in [0.25, 0.3) is 0 Å². The van der Waals surface area contributed by atoms with Crippen molar-refractivity contribution in [3.05, 3.63) is 35.9 Å².